The number of hydrogen-bond acceptors (Lipinski definition) is 3. The molecule has 1 heterocycles. The van der Waals surface area contributed by atoms with Gasteiger partial charge in [0.15, 0.2) is 0 Å². The first-order chi connectivity index (χ1) is 10.1. The minimum atomic E-state index is -0.330. The van der Waals surface area contributed by atoms with Crippen molar-refractivity contribution in [3.05, 3.63) is 52.1 Å². The van der Waals surface area contributed by atoms with Gasteiger partial charge in [-0.3, -0.25) is 4.68 Å². The van der Waals surface area contributed by atoms with Crippen LogP contribution in [-0.4, -0.2) is 30.0 Å². The Labute approximate surface area is 128 Å². The predicted octanol–water partition coefficient (Wildman–Crippen LogP) is 2.77. The molecule has 1 N–H and O–H groups in total. The Balaban J connectivity index is 2.01. The maximum atomic E-state index is 13.0. The normalized spacial score (nSPS) is 11.0. The third kappa shape index (κ3) is 4.52. The van der Waals surface area contributed by atoms with E-state index in [-0.39, 0.29) is 5.82 Å². The second kappa shape index (κ2) is 7.54. The predicted molar refractivity (Wildman–Crippen MR) is 81.1 cm³/mol. The van der Waals surface area contributed by atoms with E-state index in [0.29, 0.717) is 18.2 Å². The minimum Gasteiger partial charge on any atom is -0.383 e. The molecule has 0 atom stereocenters. The molecule has 0 saturated heterocycles. The lowest BCUT2D eigenvalue weighted by Crippen LogP contribution is -2.18. The highest BCUT2D eigenvalue weighted by Crippen LogP contribution is 2.18. The zero-order valence-electron chi connectivity index (χ0n) is 12.2. The third-order valence-corrected chi connectivity index (χ3v) is 3.55. The van der Waals surface area contributed by atoms with Crippen LogP contribution in [0.1, 0.15) is 16.8 Å². The minimum absolute atomic E-state index is 0.330. The van der Waals surface area contributed by atoms with Gasteiger partial charge in [-0.2, -0.15) is 5.10 Å². The molecule has 2 rings (SSSR count). The monoisotopic (exact) mass is 311 g/mol. The van der Waals surface area contributed by atoms with Crippen molar-refractivity contribution >= 4 is 11.6 Å². The SMILES string of the molecule is COCCNCc1cn(Cc2ccc(F)cc2Cl)nc1C. The van der Waals surface area contributed by atoms with Gasteiger partial charge in [0.25, 0.3) is 0 Å². The number of aryl methyl sites for hydroxylation is 1. The summed E-state index contributed by atoms with van der Waals surface area (Å²) in [6, 6.07) is 4.41. The number of methoxy groups -OCH3 is 1. The molecule has 0 bridgehead atoms. The van der Waals surface area contributed by atoms with Crippen LogP contribution in [0.15, 0.2) is 24.4 Å². The molecule has 114 valence electrons. The van der Waals surface area contributed by atoms with E-state index < -0.39 is 0 Å². The quantitative estimate of drug-likeness (QED) is 0.799. The molecule has 0 aliphatic rings. The Bertz CT molecular complexity index is 601. The van der Waals surface area contributed by atoms with Gasteiger partial charge in [0.1, 0.15) is 5.82 Å². The van der Waals surface area contributed by atoms with Crippen LogP contribution in [0.2, 0.25) is 5.02 Å². The van der Waals surface area contributed by atoms with Gasteiger partial charge in [0, 0.05) is 37.0 Å². The zero-order valence-corrected chi connectivity index (χ0v) is 13.0. The van der Waals surface area contributed by atoms with Crippen LogP contribution in [0.4, 0.5) is 4.39 Å². The molecule has 0 aliphatic heterocycles. The van der Waals surface area contributed by atoms with E-state index in [9.17, 15) is 4.39 Å². The number of aromatic nitrogens is 2. The molecule has 1 aromatic heterocycles. The van der Waals surface area contributed by atoms with Gasteiger partial charge >= 0.3 is 0 Å². The van der Waals surface area contributed by atoms with E-state index in [1.165, 1.54) is 12.1 Å². The van der Waals surface area contributed by atoms with Gasteiger partial charge in [-0.15, -0.1) is 0 Å². The lowest BCUT2D eigenvalue weighted by Gasteiger charge is -2.04. The summed E-state index contributed by atoms with van der Waals surface area (Å²) < 4.78 is 19.8. The highest BCUT2D eigenvalue weighted by atomic mass is 35.5. The topological polar surface area (TPSA) is 39.1 Å². The zero-order chi connectivity index (χ0) is 15.2. The highest BCUT2D eigenvalue weighted by molar-refractivity contribution is 6.31. The van der Waals surface area contributed by atoms with Gasteiger partial charge in [-0.25, -0.2) is 4.39 Å². The fourth-order valence-electron chi connectivity index (χ4n) is 2.04. The maximum absolute atomic E-state index is 13.0. The van der Waals surface area contributed by atoms with Crippen molar-refractivity contribution in [1.82, 2.24) is 15.1 Å². The van der Waals surface area contributed by atoms with Gasteiger partial charge in [-0.1, -0.05) is 17.7 Å². The summed E-state index contributed by atoms with van der Waals surface area (Å²) in [5.41, 5.74) is 2.95. The van der Waals surface area contributed by atoms with Crippen molar-refractivity contribution in [2.75, 3.05) is 20.3 Å². The van der Waals surface area contributed by atoms with Gasteiger partial charge in [-0.05, 0) is 24.6 Å². The summed E-state index contributed by atoms with van der Waals surface area (Å²) in [7, 11) is 1.68. The largest absolute Gasteiger partial charge is 0.383 e. The van der Waals surface area contributed by atoms with E-state index >= 15 is 0 Å². The van der Waals surface area contributed by atoms with Crippen molar-refractivity contribution < 1.29 is 9.13 Å². The lowest BCUT2D eigenvalue weighted by molar-refractivity contribution is 0.199. The Hall–Kier alpha value is -1.43. The first-order valence-electron chi connectivity index (χ1n) is 6.76. The van der Waals surface area contributed by atoms with Crippen LogP contribution in [0.25, 0.3) is 0 Å². The number of benzene rings is 1. The number of ether oxygens (including phenoxy) is 1. The standard InChI is InChI=1S/C15H19ClFN3O/c1-11-13(8-18-5-6-21-2)10-20(19-11)9-12-3-4-14(17)7-15(12)16/h3-4,7,10,18H,5-6,8-9H2,1-2H3. The Kier molecular flexibility index (Phi) is 5.73. The van der Waals surface area contributed by atoms with E-state index in [0.717, 1.165) is 29.9 Å². The fraction of sp³-hybridized carbons (Fsp3) is 0.400. The van der Waals surface area contributed by atoms with Crippen LogP contribution in [0.5, 0.6) is 0 Å². The molecule has 0 saturated carbocycles. The molecule has 6 heteroatoms. The highest BCUT2D eigenvalue weighted by Gasteiger charge is 2.07. The number of nitrogens with zero attached hydrogens (tertiary/aromatic N) is 2. The second-order valence-electron chi connectivity index (χ2n) is 4.84. The number of halogens is 2. The Morgan fingerprint density at radius 2 is 2.19 bits per heavy atom. The Morgan fingerprint density at radius 1 is 1.38 bits per heavy atom. The molecule has 0 aliphatic carbocycles. The summed E-state index contributed by atoms with van der Waals surface area (Å²) in [4.78, 5) is 0. The van der Waals surface area contributed by atoms with Crippen molar-refractivity contribution in [1.29, 1.82) is 0 Å². The molecule has 21 heavy (non-hydrogen) atoms. The van der Waals surface area contributed by atoms with Crippen LogP contribution in [-0.2, 0) is 17.8 Å². The summed E-state index contributed by atoms with van der Waals surface area (Å²) in [6.45, 7) is 4.71. The molecule has 1 aromatic carbocycles. The van der Waals surface area contributed by atoms with Crippen molar-refractivity contribution in [2.45, 2.75) is 20.0 Å². The molecule has 0 amide bonds. The lowest BCUT2D eigenvalue weighted by atomic mass is 10.2. The van der Waals surface area contributed by atoms with Crippen molar-refractivity contribution in [3.8, 4) is 0 Å². The van der Waals surface area contributed by atoms with E-state index in [1.807, 2.05) is 17.8 Å². The van der Waals surface area contributed by atoms with Gasteiger partial charge < -0.3 is 10.1 Å². The summed E-state index contributed by atoms with van der Waals surface area (Å²) >= 11 is 6.04. The molecular formula is C15H19ClFN3O. The van der Waals surface area contributed by atoms with E-state index in [1.54, 1.807) is 13.2 Å². The summed E-state index contributed by atoms with van der Waals surface area (Å²) in [5.74, 6) is -0.330. The van der Waals surface area contributed by atoms with Crippen LogP contribution in [0, 0.1) is 12.7 Å². The number of hydrogen-bond donors (Lipinski definition) is 1. The van der Waals surface area contributed by atoms with Gasteiger partial charge in [0.2, 0.25) is 0 Å². The Morgan fingerprint density at radius 3 is 2.90 bits per heavy atom. The fourth-order valence-corrected chi connectivity index (χ4v) is 2.26. The average Bonchev–Trinajstić information content (AvgIpc) is 2.78. The average molecular weight is 312 g/mol. The van der Waals surface area contributed by atoms with Gasteiger partial charge in [0.05, 0.1) is 18.8 Å². The number of rotatable bonds is 7. The molecule has 2 aromatic rings. The molecular weight excluding hydrogens is 293 g/mol. The smallest absolute Gasteiger partial charge is 0.124 e. The molecule has 0 fully saturated rings. The second-order valence-corrected chi connectivity index (χ2v) is 5.25. The number of nitrogens with one attached hydrogen (secondary N) is 1. The van der Waals surface area contributed by atoms with Crippen LogP contribution in [0.3, 0.4) is 0 Å². The molecule has 0 unspecified atom stereocenters. The van der Waals surface area contributed by atoms with Crippen LogP contribution >= 0.6 is 11.6 Å². The van der Waals surface area contributed by atoms with Crippen molar-refractivity contribution in [2.24, 2.45) is 0 Å². The molecule has 4 nitrogen and oxygen atoms in total. The first-order valence-corrected chi connectivity index (χ1v) is 7.14. The third-order valence-electron chi connectivity index (χ3n) is 3.19. The summed E-state index contributed by atoms with van der Waals surface area (Å²) in [5, 5.41) is 8.17. The molecule has 0 radical (unpaired) electrons. The van der Waals surface area contributed by atoms with Crippen molar-refractivity contribution in [3.63, 3.8) is 0 Å². The maximum Gasteiger partial charge on any atom is 0.124 e. The first kappa shape index (κ1) is 15.9. The van der Waals surface area contributed by atoms with E-state index in [2.05, 4.69) is 10.4 Å². The van der Waals surface area contributed by atoms with Crippen LogP contribution < -0.4 is 5.32 Å². The van der Waals surface area contributed by atoms with E-state index in [4.69, 9.17) is 16.3 Å². The molecule has 0 spiro atoms. The summed E-state index contributed by atoms with van der Waals surface area (Å²) in [6.07, 6.45) is 1.98.